The average molecular weight is 407 g/mol. The van der Waals surface area contributed by atoms with E-state index in [2.05, 4.69) is 5.32 Å². The molecule has 144 valence electrons. The van der Waals surface area contributed by atoms with E-state index >= 15 is 0 Å². The lowest BCUT2D eigenvalue weighted by Gasteiger charge is -2.30. The van der Waals surface area contributed by atoms with Gasteiger partial charge in [-0.2, -0.15) is 0 Å². The van der Waals surface area contributed by atoms with Crippen molar-refractivity contribution < 1.29 is 13.2 Å². The van der Waals surface area contributed by atoms with Gasteiger partial charge in [-0.15, -0.1) is 0 Å². The predicted octanol–water partition coefficient (Wildman–Crippen LogP) is 3.83. The van der Waals surface area contributed by atoms with Gasteiger partial charge in [-0.1, -0.05) is 48.0 Å². The summed E-state index contributed by atoms with van der Waals surface area (Å²) in [6, 6.07) is 14.5. The van der Waals surface area contributed by atoms with Crippen molar-refractivity contribution in [2.75, 3.05) is 18.4 Å². The van der Waals surface area contributed by atoms with Crippen LogP contribution in [-0.4, -0.2) is 31.7 Å². The molecule has 3 rings (SSSR count). The molecule has 1 fully saturated rings. The standard InChI is InChI=1S/C20H23ClN2O3S/c1-15-7-8-18(21)13-19(15)22-20(24)17-9-11-23(12-10-17)27(25,26)14-16-5-3-2-4-6-16/h2-8,13,17H,9-12,14H2,1H3,(H,22,24). The molecule has 0 saturated carbocycles. The monoisotopic (exact) mass is 406 g/mol. The van der Waals surface area contributed by atoms with Crippen LogP contribution in [0.25, 0.3) is 0 Å². The molecule has 27 heavy (non-hydrogen) atoms. The molecule has 0 atom stereocenters. The Morgan fingerprint density at radius 3 is 2.48 bits per heavy atom. The topological polar surface area (TPSA) is 66.5 Å². The van der Waals surface area contributed by atoms with Gasteiger partial charge in [0, 0.05) is 29.7 Å². The zero-order valence-electron chi connectivity index (χ0n) is 15.2. The van der Waals surface area contributed by atoms with Crippen molar-refractivity contribution >= 4 is 33.2 Å². The summed E-state index contributed by atoms with van der Waals surface area (Å²) >= 11 is 6.00. The maximum atomic E-state index is 12.6. The normalized spacial score (nSPS) is 16.2. The van der Waals surface area contributed by atoms with Crippen LogP contribution in [-0.2, 0) is 20.6 Å². The smallest absolute Gasteiger partial charge is 0.227 e. The van der Waals surface area contributed by atoms with E-state index in [1.165, 1.54) is 4.31 Å². The highest BCUT2D eigenvalue weighted by Gasteiger charge is 2.31. The number of benzene rings is 2. The van der Waals surface area contributed by atoms with Gasteiger partial charge in [0.2, 0.25) is 15.9 Å². The number of aryl methyl sites for hydroxylation is 1. The first-order chi connectivity index (χ1) is 12.8. The van der Waals surface area contributed by atoms with Crippen molar-refractivity contribution in [3.63, 3.8) is 0 Å². The van der Waals surface area contributed by atoms with Gasteiger partial charge in [0.05, 0.1) is 5.75 Å². The van der Waals surface area contributed by atoms with Gasteiger partial charge < -0.3 is 5.32 Å². The van der Waals surface area contributed by atoms with E-state index in [0.29, 0.717) is 36.6 Å². The third-order valence-corrected chi connectivity index (χ3v) is 6.95. The second-order valence-corrected chi connectivity index (χ2v) is 9.27. The summed E-state index contributed by atoms with van der Waals surface area (Å²) in [6.45, 7) is 2.63. The van der Waals surface area contributed by atoms with E-state index in [-0.39, 0.29) is 17.6 Å². The molecule has 0 unspecified atom stereocenters. The molecule has 1 aliphatic rings. The van der Waals surface area contributed by atoms with E-state index in [1.54, 1.807) is 12.1 Å². The minimum absolute atomic E-state index is 0.00753. The van der Waals surface area contributed by atoms with Crippen molar-refractivity contribution in [2.45, 2.75) is 25.5 Å². The Bertz CT molecular complexity index is 908. The van der Waals surface area contributed by atoms with Crippen LogP contribution in [0.4, 0.5) is 5.69 Å². The number of nitrogens with zero attached hydrogens (tertiary/aromatic N) is 1. The quantitative estimate of drug-likeness (QED) is 0.820. The summed E-state index contributed by atoms with van der Waals surface area (Å²) in [7, 11) is -3.37. The number of piperidine rings is 1. The Labute approximate surface area is 165 Å². The molecule has 5 nitrogen and oxygen atoms in total. The number of amides is 1. The molecule has 0 bridgehead atoms. The molecule has 1 N–H and O–H groups in total. The predicted molar refractivity (Wildman–Crippen MR) is 108 cm³/mol. The summed E-state index contributed by atoms with van der Waals surface area (Å²) in [4.78, 5) is 12.6. The Kier molecular flexibility index (Phi) is 6.19. The second-order valence-electron chi connectivity index (χ2n) is 6.86. The molecular weight excluding hydrogens is 384 g/mol. The summed E-state index contributed by atoms with van der Waals surface area (Å²) < 4.78 is 26.7. The molecule has 1 heterocycles. The molecule has 0 spiro atoms. The van der Waals surface area contributed by atoms with Crippen LogP contribution in [0.5, 0.6) is 0 Å². The van der Waals surface area contributed by atoms with E-state index in [9.17, 15) is 13.2 Å². The molecule has 2 aromatic carbocycles. The van der Waals surface area contributed by atoms with E-state index in [0.717, 1.165) is 11.1 Å². The van der Waals surface area contributed by atoms with Crippen LogP contribution >= 0.6 is 11.6 Å². The molecule has 0 aliphatic carbocycles. The lowest BCUT2D eigenvalue weighted by atomic mass is 9.97. The van der Waals surface area contributed by atoms with Crippen LogP contribution in [0.15, 0.2) is 48.5 Å². The molecule has 1 amide bonds. The molecule has 0 radical (unpaired) electrons. The minimum Gasteiger partial charge on any atom is -0.326 e. The number of carbonyl (C=O) groups is 1. The van der Waals surface area contributed by atoms with Gasteiger partial charge in [0.1, 0.15) is 0 Å². The van der Waals surface area contributed by atoms with Gasteiger partial charge in [0.15, 0.2) is 0 Å². The van der Waals surface area contributed by atoms with Gasteiger partial charge in [-0.3, -0.25) is 4.79 Å². The van der Waals surface area contributed by atoms with Crippen LogP contribution in [0.1, 0.15) is 24.0 Å². The van der Waals surface area contributed by atoms with E-state index < -0.39 is 10.0 Å². The molecule has 0 aromatic heterocycles. The largest absolute Gasteiger partial charge is 0.326 e. The first kappa shape index (κ1) is 19.9. The Morgan fingerprint density at radius 1 is 1.15 bits per heavy atom. The van der Waals surface area contributed by atoms with Gasteiger partial charge >= 0.3 is 0 Å². The zero-order chi connectivity index (χ0) is 19.4. The van der Waals surface area contributed by atoms with Crippen molar-refractivity contribution in [1.82, 2.24) is 4.31 Å². The highest BCUT2D eigenvalue weighted by molar-refractivity contribution is 7.88. The van der Waals surface area contributed by atoms with Crippen LogP contribution < -0.4 is 5.32 Å². The van der Waals surface area contributed by atoms with Crippen molar-refractivity contribution in [3.05, 3.63) is 64.7 Å². The number of rotatable bonds is 5. The Hall–Kier alpha value is -1.89. The number of anilines is 1. The fourth-order valence-corrected chi connectivity index (χ4v) is 4.97. The first-order valence-electron chi connectivity index (χ1n) is 8.94. The Balaban J connectivity index is 1.58. The summed E-state index contributed by atoms with van der Waals surface area (Å²) in [5.74, 6) is -0.293. The molecule has 1 aliphatic heterocycles. The SMILES string of the molecule is Cc1ccc(Cl)cc1NC(=O)C1CCN(S(=O)(=O)Cc2ccccc2)CC1. The average Bonchev–Trinajstić information content (AvgIpc) is 2.65. The number of carbonyl (C=O) groups excluding carboxylic acids is 1. The summed E-state index contributed by atoms with van der Waals surface area (Å²) in [5, 5.41) is 3.49. The highest BCUT2D eigenvalue weighted by atomic mass is 35.5. The number of nitrogens with one attached hydrogen (secondary N) is 1. The van der Waals surface area contributed by atoms with Crippen molar-refractivity contribution in [1.29, 1.82) is 0 Å². The van der Waals surface area contributed by atoms with Gasteiger partial charge in [-0.05, 0) is 43.0 Å². The maximum absolute atomic E-state index is 12.6. The number of hydrogen-bond acceptors (Lipinski definition) is 3. The first-order valence-corrected chi connectivity index (χ1v) is 10.9. The molecule has 1 saturated heterocycles. The number of halogens is 1. The van der Waals surface area contributed by atoms with Crippen molar-refractivity contribution in [2.24, 2.45) is 5.92 Å². The van der Waals surface area contributed by atoms with Crippen LogP contribution in [0, 0.1) is 12.8 Å². The highest BCUT2D eigenvalue weighted by Crippen LogP contribution is 2.25. The van der Waals surface area contributed by atoms with Gasteiger partial charge in [0.25, 0.3) is 0 Å². The third kappa shape index (κ3) is 5.09. The number of sulfonamides is 1. The fourth-order valence-electron chi connectivity index (χ4n) is 3.24. The third-order valence-electron chi connectivity index (χ3n) is 4.87. The van der Waals surface area contributed by atoms with E-state index in [1.807, 2.05) is 43.3 Å². The summed E-state index contributed by atoms with van der Waals surface area (Å²) in [5.41, 5.74) is 2.41. The molecule has 7 heteroatoms. The minimum atomic E-state index is -3.37. The van der Waals surface area contributed by atoms with E-state index in [4.69, 9.17) is 11.6 Å². The zero-order valence-corrected chi connectivity index (χ0v) is 16.8. The molecule has 2 aromatic rings. The second kappa shape index (κ2) is 8.42. The number of hydrogen-bond donors (Lipinski definition) is 1. The Morgan fingerprint density at radius 2 is 1.81 bits per heavy atom. The maximum Gasteiger partial charge on any atom is 0.227 e. The molecular formula is C20H23ClN2O3S. The lowest BCUT2D eigenvalue weighted by molar-refractivity contribution is -0.120. The van der Waals surface area contributed by atoms with Crippen LogP contribution in [0.3, 0.4) is 0 Å². The van der Waals surface area contributed by atoms with Crippen LogP contribution in [0.2, 0.25) is 5.02 Å². The lowest BCUT2D eigenvalue weighted by Crippen LogP contribution is -2.41. The van der Waals surface area contributed by atoms with Gasteiger partial charge in [-0.25, -0.2) is 12.7 Å². The van der Waals surface area contributed by atoms with Crippen molar-refractivity contribution in [3.8, 4) is 0 Å². The fraction of sp³-hybridized carbons (Fsp3) is 0.350. The summed E-state index contributed by atoms with van der Waals surface area (Å²) in [6.07, 6.45) is 1.03.